The molecule has 0 unspecified atom stereocenters. The van der Waals surface area contributed by atoms with Crippen molar-refractivity contribution in [2.24, 2.45) is 0 Å². The van der Waals surface area contributed by atoms with Crippen LogP contribution in [-0.4, -0.2) is 26.2 Å². The van der Waals surface area contributed by atoms with Gasteiger partial charge in [-0.3, -0.25) is 0 Å². The van der Waals surface area contributed by atoms with Crippen LogP contribution in [0.1, 0.15) is 5.56 Å². The van der Waals surface area contributed by atoms with Crippen LogP contribution in [0.5, 0.6) is 5.75 Å². The summed E-state index contributed by atoms with van der Waals surface area (Å²) in [5.74, 6) is -0.780. The van der Waals surface area contributed by atoms with Crippen LogP contribution in [0.15, 0.2) is 60.3 Å². The number of nitrogens with one attached hydrogen (secondary N) is 1. The molecule has 0 heterocycles. The zero-order valence-corrected chi connectivity index (χ0v) is 15.1. The van der Waals surface area contributed by atoms with Crippen LogP contribution < -0.4 is 10.1 Å². The zero-order chi connectivity index (χ0) is 18.9. The van der Waals surface area contributed by atoms with E-state index in [-0.39, 0.29) is 12.3 Å². The van der Waals surface area contributed by atoms with E-state index in [1.54, 1.807) is 30.3 Å². The number of methoxy groups -OCH3 is 2. The Labute approximate surface area is 156 Å². The molecule has 0 radical (unpaired) electrons. The summed E-state index contributed by atoms with van der Waals surface area (Å²) in [6.45, 7) is 0.285. The fourth-order valence-corrected chi connectivity index (χ4v) is 2.24. The average Bonchev–Trinajstić information content (AvgIpc) is 2.66. The van der Waals surface area contributed by atoms with Gasteiger partial charge < -0.3 is 19.5 Å². The predicted octanol–water partition coefficient (Wildman–Crippen LogP) is 3.56. The number of carbonyl (C=O) groups excluding carboxylic acids is 2. The Hall–Kier alpha value is -2.99. The van der Waals surface area contributed by atoms with Crippen molar-refractivity contribution in [3.63, 3.8) is 0 Å². The molecule has 1 N–H and O–H groups in total. The molecule has 0 aliphatic rings. The van der Waals surface area contributed by atoms with E-state index in [0.717, 1.165) is 11.6 Å². The molecule has 0 fully saturated rings. The molecule has 2 aromatic rings. The lowest BCUT2D eigenvalue weighted by molar-refractivity contribution is -0.138. The second-order valence-electron chi connectivity index (χ2n) is 5.12. The number of rotatable bonds is 7. The third-order valence-electron chi connectivity index (χ3n) is 3.31. The van der Waals surface area contributed by atoms with E-state index in [2.05, 4.69) is 14.8 Å². The summed E-state index contributed by atoms with van der Waals surface area (Å²) in [5, 5.41) is 3.37. The molecule has 0 bridgehead atoms. The maximum Gasteiger partial charge on any atom is 0.354 e. The first kappa shape index (κ1) is 19.3. The van der Waals surface area contributed by atoms with Gasteiger partial charge in [0.05, 0.1) is 25.3 Å². The molecule has 136 valence electrons. The zero-order valence-electron chi connectivity index (χ0n) is 14.3. The molecule has 0 saturated carbocycles. The molecule has 0 saturated heterocycles. The summed E-state index contributed by atoms with van der Waals surface area (Å²) in [6, 6.07) is 14.4. The van der Waals surface area contributed by atoms with Gasteiger partial charge in [0.1, 0.15) is 18.1 Å². The monoisotopic (exact) mass is 375 g/mol. The molecule has 0 aliphatic heterocycles. The van der Waals surface area contributed by atoms with Crippen LogP contribution >= 0.6 is 11.6 Å². The average molecular weight is 376 g/mol. The molecule has 6 nitrogen and oxygen atoms in total. The first-order valence-electron chi connectivity index (χ1n) is 7.64. The minimum absolute atomic E-state index is 0.0384. The molecule has 0 aliphatic carbocycles. The molecule has 2 rings (SSSR count). The number of esters is 2. The molecule has 2 aromatic carbocycles. The summed E-state index contributed by atoms with van der Waals surface area (Å²) < 4.78 is 14.9. The van der Waals surface area contributed by atoms with Gasteiger partial charge in [-0.15, -0.1) is 0 Å². The number of ether oxygens (including phenoxy) is 3. The predicted molar refractivity (Wildman–Crippen MR) is 98.0 cm³/mol. The number of anilines is 1. The van der Waals surface area contributed by atoms with Gasteiger partial charge in [-0.05, 0) is 29.8 Å². The van der Waals surface area contributed by atoms with Crippen molar-refractivity contribution >= 4 is 29.2 Å². The van der Waals surface area contributed by atoms with Crippen molar-refractivity contribution in [3.05, 3.63) is 70.9 Å². The molecule has 0 spiro atoms. The normalized spacial score (nSPS) is 10.8. The summed E-state index contributed by atoms with van der Waals surface area (Å²) in [7, 11) is 2.45. The van der Waals surface area contributed by atoms with E-state index in [1.165, 1.54) is 14.2 Å². The van der Waals surface area contributed by atoms with Crippen molar-refractivity contribution < 1.29 is 23.8 Å². The third kappa shape index (κ3) is 5.53. The highest BCUT2D eigenvalue weighted by molar-refractivity contribution is 6.32. The number of hydrogen-bond acceptors (Lipinski definition) is 6. The molecule has 0 atom stereocenters. The molecular formula is C19H18ClNO5. The van der Waals surface area contributed by atoms with Gasteiger partial charge in [0, 0.05) is 5.69 Å². The maximum atomic E-state index is 11.8. The Balaban J connectivity index is 2.12. The van der Waals surface area contributed by atoms with Gasteiger partial charge in [0.2, 0.25) is 0 Å². The largest absolute Gasteiger partial charge is 0.487 e. The van der Waals surface area contributed by atoms with Crippen molar-refractivity contribution in [3.8, 4) is 5.75 Å². The molecule has 0 aromatic heterocycles. The summed E-state index contributed by atoms with van der Waals surface area (Å²) in [4.78, 5) is 23.2. The fourth-order valence-electron chi connectivity index (χ4n) is 2.05. The summed E-state index contributed by atoms with van der Waals surface area (Å²) in [5.41, 5.74) is 1.39. The lowest BCUT2D eigenvalue weighted by Gasteiger charge is -2.11. The molecule has 7 heteroatoms. The highest BCUT2D eigenvalue weighted by Gasteiger charge is 2.13. The Morgan fingerprint density at radius 2 is 1.85 bits per heavy atom. The number of benzene rings is 2. The van der Waals surface area contributed by atoms with E-state index in [1.807, 2.05) is 18.2 Å². The van der Waals surface area contributed by atoms with Crippen LogP contribution in [0.25, 0.3) is 0 Å². The van der Waals surface area contributed by atoms with Gasteiger partial charge >= 0.3 is 11.9 Å². The van der Waals surface area contributed by atoms with Crippen molar-refractivity contribution in [1.29, 1.82) is 0 Å². The van der Waals surface area contributed by atoms with Crippen LogP contribution in [0.2, 0.25) is 5.02 Å². The first-order valence-corrected chi connectivity index (χ1v) is 8.02. The van der Waals surface area contributed by atoms with E-state index < -0.39 is 11.9 Å². The topological polar surface area (TPSA) is 73.9 Å². The number of para-hydroxylation sites is 1. The van der Waals surface area contributed by atoms with E-state index in [9.17, 15) is 9.59 Å². The summed E-state index contributed by atoms with van der Waals surface area (Å²) >= 11 is 6.06. The maximum absolute atomic E-state index is 11.8. The minimum atomic E-state index is -0.687. The Bertz CT molecular complexity index is 819. The van der Waals surface area contributed by atoms with Crippen molar-refractivity contribution in [2.45, 2.75) is 6.61 Å². The Morgan fingerprint density at radius 3 is 2.54 bits per heavy atom. The second-order valence-corrected chi connectivity index (χ2v) is 5.52. The Morgan fingerprint density at radius 1 is 1.08 bits per heavy atom. The van der Waals surface area contributed by atoms with E-state index >= 15 is 0 Å². The van der Waals surface area contributed by atoms with Crippen molar-refractivity contribution in [2.75, 3.05) is 19.5 Å². The van der Waals surface area contributed by atoms with E-state index in [4.69, 9.17) is 16.3 Å². The Kier molecular flexibility index (Phi) is 7.05. The number of hydrogen-bond donors (Lipinski definition) is 1. The highest BCUT2D eigenvalue weighted by atomic mass is 35.5. The van der Waals surface area contributed by atoms with Gasteiger partial charge in [-0.25, -0.2) is 9.59 Å². The van der Waals surface area contributed by atoms with Crippen LogP contribution in [-0.2, 0) is 25.7 Å². The lowest BCUT2D eigenvalue weighted by atomic mass is 10.2. The minimum Gasteiger partial charge on any atom is -0.487 e. The van der Waals surface area contributed by atoms with Crippen LogP contribution in [0.4, 0.5) is 5.69 Å². The lowest BCUT2D eigenvalue weighted by Crippen LogP contribution is -2.15. The fraction of sp³-hybridized carbons (Fsp3) is 0.158. The SMILES string of the molecule is COC(=O)/C=C(/Nc1cccc(COc2ccccc2Cl)c1)C(=O)OC. The van der Waals surface area contributed by atoms with Crippen molar-refractivity contribution in [1.82, 2.24) is 0 Å². The third-order valence-corrected chi connectivity index (χ3v) is 3.62. The standard InChI is InChI=1S/C19H18ClNO5/c1-24-18(22)11-16(19(23)25-2)21-14-7-5-6-13(10-14)12-26-17-9-4-3-8-15(17)20/h3-11,21H,12H2,1-2H3/b16-11+. The van der Waals surface area contributed by atoms with Crippen LogP contribution in [0, 0.1) is 0 Å². The van der Waals surface area contributed by atoms with Gasteiger partial charge in [-0.2, -0.15) is 0 Å². The van der Waals surface area contributed by atoms with Gasteiger partial charge in [0.25, 0.3) is 0 Å². The highest BCUT2D eigenvalue weighted by Crippen LogP contribution is 2.24. The second kappa shape index (κ2) is 9.48. The number of halogens is 1. The molecule has 0 amide bonds. The summed E-state index contributed by atoms with van der Waals surface area (Å²) in [6.07, 6.45) is 1.03. The number of carbonyl (C=O) groups is 2. The van der Waals surface area contributed by atoms with Gasteiger partial charge in [0.15, 0.2) is 0 Å². The first-order chi connectivity index (χ1) is 12.5. The molecular weight excluding hydrogens is 358 g/mol. The molecule has 26 heavy (non-hydrogen) atoms. The van der Waals surface area contributed by atoms with Crippen LogP contribution in [0.3, 0.4) is 0 Å². The van der Waals surface area contributed by atoms with Gasteiger partial charge in [-0.1, -0.05) is 35.9 Å². The quantitative estimate of drug-likeness (QED) is 0.589. The smallest absolute Gasteiger partial charge is 0.354 e. The van der Waals surface area contributed by atoms with E-state index in [0.29, 0.717) is 16.5 Å².